The van der Waals surface area contributed by atoms with E-state index < -0.39 is 0 Å². The first-order valence-corrected chi connectivity index (χ1v) is 7.02. The van der Waals surface area contributed by atoms with Crippen molar-refractivity contribution in [2.75, 3.05) is 0 Å². The highest BCUT2D eigenvalue weighted by molar-refractivity contribution is 7.07. The molecule has 2 aromatic rings. The van der Waals surface area contributed by atoms with Crippen molar-refractivity contribution >= 4 is 11.3 Å². The van der Waals surface area contributed by atoms with Gasteiger partial charge in [0.05, 0.1) is 5.69 Å². The SMILES string of the molecule is Cc1nn(C)c(C)c1CC(Cc1ccsc1)NN. The van der Waals surface area contributed by atoms with Crippen LogP contribution in [0, 0.1) is 13.8 Å². The molecular weight excluding hydrogens is 244 g/mol. The Bertz CT molecular complexity index is 501. The third kappa shape index (κ3) is 2.80. The van der Waals surface area contributed by atoms with E-state index in [9.17, 15) is 0 Å². The van der Waals surface area contributed by atoms with Crippen LogP contribution in [0.4, 0.5) is 0 Å². The molecule has 0 fully saturated rings. The summed E-state index contributed by atoms with van der Waals surface area (Å²) in [5.74, 6) is 5.67. The second kappa shape index (κ2) is 5.65. The number of hydrazine groups is 1. The topological polar surface area (TPSA) is 55.9 Å². The summed E-state index contributed by atoms with van der Waals surface area (Å²) in [6.07, 6.45) is 1.87. The molecule has 0 aliphatic carbocycles. The number of nitrogens with zero attached hydrogens (tertiary/aromatic N) is 2. The van der Waals surface area contributed by atoms with Gasteiger partial charge in [-0.05, 0) is 54.6 Å². The molecular formula is C13H20N4S. The van der Waals surface area contributed by atoms with Gasteiger partial charge < -0.3 is 0 Å². The van der Waals surface area contributed by atoms with Crippen molar-refractivity contribution in [1.82, 2.24) is 15.2 Å². The lowest BCUT2D eigenvalue weighted by molar-refractivity contribution is 0.521. The summed E-state index contributed by atoms with van der Waals surface area (Å²) in [6, 6.07) is 2.40. The van der Waals surface area contributed by atoms with E-state index in [2.05, 4.69) is 41.2 Å². The number of aromatic nitrogens is 2. The molecule has 0 aliphatic heterocycles. The van der Waals surface area contributed by atoms with Crippen LogP contribution in [0.15, 0.2) is 16.8 Å². The summed E-state index contributed by atoms with van der Waals surface area (Å²) >= 11 is 1.72. The predicted octanol–water partition coefficient (Wildman–Crippen LogP) is 1.72. The zero-order valence-corrected chi connectivity index (χ0v) is 11.9. The van der Waals surface area contributed by atoms with Gasteiger partial charge >= 0.3 is 0 Å². The first-order chi connectivity index (χ1) is 8.61. The molecule has 2 rings (SSSR count). The second-order valence-electron chi connectivity index (χ2n) is 4.68. The van der Waals surface area contributed by atoms with Crippen LogP contribution in [0.1, 0.15) is 22.5 Å². The Morgan fingerprint density at radius 2 is 2.22 bits per heavy atom. The van der Waals surface area contributed by atoms with Crippen LogP contribution in [0.3, 0.4) is 0 Å². The van der Waals surface area contributed by atoms with E-state index in [4.69, 9.17) is 5.84 Å². The molecule has 0 aromatic carbocycles. The molecule has 0 amide bonds. The van der Waals surface area contributed by atoms with Crippen LogP contribution in [-0.4, -0.2) is 15.8 Å². The fourth-order valence-electron chi connectivity index (χ4n) is 2.24. The number of aryl methyl sites for hydroxylation is 2. The molecule has 3 N–H and O–H groups in total. The third-order valence-electron chi connectivity index (χ3n) is 3.41. The Morgan fingerprint density at radius 1 is 1.44 bits per heavy atom. The Labute approximate surface area is 112 Å². The summed E-state index contributed by atoms with van der Waals surface area (Å²) in [7, 11) is 1.98. The molecule has 0 bridgehead atoms. The summed E-state index contributed by atoms with van der Waals surface area (Å²) in [6.45, 7) is 4.16. The number of hydrogen-bond acceptors (Lipinski definition) is 4. The van der Waals surface area contributed by atoms with Crippen molar-refractivity contribution in [3.8, 4) is 0 Å². The normalized spacial score (nSPS) is 12.9. The number of nitrogens with one attached hydrogen (secondary N) is 1. The largest absolute Gasteiger partial charge is 0.272 e. The number of rotatable bonds is 5. The molecule has 4 nitrogen and oxygen atoms in total. The lowest BCUT2D eigenvalue weighted by Gasteiger charge is -2.15. The number of hydrogen-bond donors (Lipinski definition) is 2. The minimum absolute atomic E-state index is 0.251. The van der Waals surface area contributed by atoms with Gasteiger partial charge in [0, 0.05) is 18.8 Å². The van der Waals surface area contributed by atoms with Crippen molar-refractivity contribution in [3.63, 3.8) is 0 Å². The molecule has 0 radical (unpaired) electrons. The fourth-order valence-corrected chi connectivity index (χ4v) is 2.92. The Morgan fingerprint density at radius 3 is 2.72 bits per heavy atom. The van der Waals surface area contributed by atoms with Crippen molar-refractivity contribution in [2.24, 2.45) is 12.9 Å². The molecule has 2 heterocycles. The molecule has 5 heteroatoms. The molecule has 2 aromatic heterocycles. The Hall–Kier alpha value is -1.17. The van der Waals surface area contributed by atoms with E-state index in [1.807, 2.05) is 11.7 Å². The van der Waals surface area contributed by atoms with Gasteiger partial charge in [0.15, 0.2) is 0 Å². The van der Waals surface area contributed by atoms with E-state index >= 15 is 0 Å². The molecule has 0 aliphatic rings. The molecule has 0 saturated heterocycles. The minimum Gasteiger partial charge on any atom is -0.272 e. The van der Waals surface area contributed by atoms with Crippen molar-refractivity contribution in [3.05, 3.63) is 39.3 Å². The van der Waals surface area contributed by atoms with E-state index in [-0.39, 0.29) is 6.04 Å². The Kier molecular flexibility index (Phi) is 4.16. The van der Waals surface area contributed by atoms with Gasteiger partial charge in [-0.2, -0.15) is 16.4 Å². The van der Waals surface area contributed by atoms with Gasteiger partial charge in [-0.3, -0.25) is 16.0 Å². The Balaban J connectivity index is 2.10. The number of nitrogens with two attached hydrogens (primary N) is 1. The zero-order chi connectivity index (χ0) is 13.1. The number of thiophene rings is 1. The van der Waals surface area contributed by atoms with Crippen LogP contribution in [-0.2, 0) is 19.9 Å². The van der Waals surface area contributed by atoms with Crippen molar-refractivity contribution in [2.45, 2.75) is 32.7 Å². The standard InChI is InChI=1S/C13H20N4S/c1-9-13(10(2)17(3)16-9)7-12(15-14)6-11-4-5-18-8-11/h4-5,8,12,15H,6-7,14H2,1-3H3. The van der Waals surface area contributed by atoms with Crippen LogP contribution in [0.25, 0.3) is 0 Å². The highest BCUT2D eigenvalue weighted by Gasteiger charge is 2.15. The van der Waals surface area contributed by atoms with Gasteiger partial charge in [0.2, 0.25) is 0 Å². The quantitative estimate of drug-likeness (QED) is 0.638. The van der Waals surface area contributed by atoms with Crippen LogP contribution < -0.4 is 11.3 Å². The summed E-state index contributed by atoms with van der Waals surface area (Å²) in [4.78, 5) is 0. The second-order valence-corrected chi connectivity index (χ2v) is 5.46. The molecule has 0 spiro atoms. The lowest BCUT2D eigenvalue weighted by atomic mass is 10.00. The van der Waals surface area contributed by atoms with Crippen LogP contribution >= 0.6 is 11.3 Å². The third-order valence-corrected chi connectivity index (χ3v) is 4.14. The molecule has 1 unspecified atom stereocenters. The molecule has 0 saturated carbocycles. The van der Waals surface area contributed by atoms with E-state index in [1.54, 1.807) is 11.3 Å². The average Bonchev–Trinajstić information content (AvgIpc) is 2.92. The van der Waals surface area contributed by atoms with Gasteiger partial charge in [-0.25, -0.2) is 0 Å². The zero-order valence-electron chi connectivity index (χ0n) is 11.1. The van der Waals surface area contributed by atoms with Gasteiger partial charge in [0.1, 0.15) is 0 Å². The average molecular weight is 264 g/mol. The van der Waals surface area contributed by atoms with Gasteiger partial charge in [-0.15, -0.1) is 0 Å². The fraction of sp³-hybridized carbons (Fsp3) is 0.462. The van der Waals surface area contributed by atoms with Gasteiger partial charge in [-0.1, -0.05) is 0 Å². The first kappa shape index (κ1) is 13.3. The van der Waals surface area contributed by atoms with Crippen molar-refractivity contribution < 1.29 is 0 Å². The van der Waals surface area contributed by atoms with E-state index in [1.165, 1.54) is 16.8 Å². The molecule has 98 valence electrons. The molecule has 18 heavy (non-hydrogen) atoms. The maximum absolute atomic E-state index is 5.67. The van der Waals surface area contributed by atoms with Crippen LogP contribution in [0.2, 0.25) is 0 Å². The summed E-state index contributed by atoms with van der Waals surface area (Å²) in [5, 5.41) is 8.72. The maximum atomic E-state index is 5.67. The summed E-state index contributed by atoms with van der Waals surface area (Å²) < 4.78 is 1.93. The maximum Gasteiger partial charge on any atom is 0.0628 e. The van der Waals surface area contributed by atoms with E-state index in [0.717, 1.165) is 18.5 Å². The van der Waals surface area contributed by atoms with E-state index in [0.29, 0.717) is 0 Å². The highest BCUT2D eigenvalue weighted by atomic mass is 32.1. The highest BCUT2D eigenvalue weighted by Crippen LogP contribution is 2.16. The predicted molar refractivity (Wildman–Crippen MR) is 75.5 cm³/mol. The smallest absolute Gasteiger partial charge is 0.0628 e. The minimum atomic E-state index is 0.251. The monoisotopic (exact) mass is 264 g/mol. The van der Waals surface area contributed by atoms with Crippen LogP contribution in [0.5, 0.6) is 0 Å². The van der Waals surface area contributed by atoms with Crippen molar-refractivity contribution in [1.29, 1.82) is 0 Å². The first-order valence-electron chi connectivity index (χ1n) is 6.08. The summed E-state index contributed by atoms with van der Waals surface area (Å²) in [5.41, 5.74) is 7.88. The lowest BCUT2D eigenvalue weighted by Crippen LogP contribution is -2.38. The molecule has 1 atom stereocenters. The van der Waals surface area contributed by atoms with Gasteiger partial charge in [0.25, 0.3) is 0 Å².